The summed E-state index contributed by atoms with van der Waals surface area (Å²) in [6.07, 6.45) is 3.52. The van der Waals surface area contributed by atoms with E-state index in [4.69, 9.17) is 0 Å². The smallest absolute Gasteiger partial charge is 0.0659 e. The number of aromatic nitrogens is 1. The molecule has 0 saturated carbocycles. The standard InChI is InChI=1S/C7H8N2S/c1-6-4-8-3-2-7(6)9-5-10/h2-5H,1H3,(H,8,9,10). The number of anilines is 1. The van der Waals surface area contributed by atoms with Crippen molar-refractivity contribution in [1.82, 2.24) is 4.98 Å². The van der Waals surface area contributed by atoms with Crippen molar-refractivity contribution in [3.8, 4) is 0 Å². The molecular formula is C7H8N2S. The normalized spacial score (nSPS) is 8.90. The van der Waals surface area contributed by atoms with Crippen LogP contribution in [0.2, 0.25) is 0 Å². The number of nitrogens with one attached hydrogen (secondary N) is 1. The maximum Gasteiger partial charge on any atom is 0.0659 e. The first-order chi connectivity index (χ1) is 4.84. The van der Waals surface area contributed by atoms with Gasteiger partial charge in [0, 0.05) is 18.1 Å². The minimum Gasteiger partial charge on any atom is -0.352 e. The first kappa shape index (κ1) is 7.15. The fraction of sp³-hybridized carbons (Fsp3) is 0.143. The summed E-state index contributed by atoms with van der Waals surface area (Å²) in [5.74, 6) is 0. The second-order valence-electron chi connectivity index (χ2n) is 1.95. The molecule has 0 radical (unpaired) electrons. The summed E-state index contributed by atoms with van der Waals surface area (Å²) in [6, 6.07) is 1.89. The molecule has 1 aromatic heterocycles. The van der Waals surface area contributed by atoms with Crippen LogP contribution in [0, 0.1) is 6.92 Å². The largest absolute Gasteiger partial charge is 0.352 e. The molecule has 1 aromatic rings. The molecule has 1 rings (SSSR count). The summed E-state index contributed by atoms with van der Waals surface area (Å²) >= 11 is 4.64. The van der Waals surface area contributed by atoms with Gasteiger partial charge in [0.2, 0.25) is 0 Å². The molecule has 0 amide bonds. The van der Waals surface area contributed by atoms with Crippen molar-refractivity contribution in [2.75, 3.05) is 5.32 Å². The Labute approximate surface area is 65.3 Å². The van der Waals surface area contributed by atoms with Crippen molar-refractivity contribution in [1.29, 1.82) is 0 Å². The fourth-order valence-electron chi connectivity index (χ4n) is 0.699. The van der Waals surface area contributed by atoms with Crippen LogP contribution in [0.1, 0.15) is 5.56 Å². The fourth-order valence-corrected chi connectivity index (χ4v) is 0.826. The quantitative estimate of drug-likeness (QED) is 0.654. The molecule has 1 heterocycles. The van der Waals surface area contributed by atoms with E-state index in [0.29, 0.717) is 0 Å². The van der Waals surface area contributed by atoms with Crippen LogP contribution in [0.3, 0.4) is 0 Å². The zero-order valence-electron chi connectivity index (χ0n) is 5.66. The highest BCUT2D eigenvalue weighted by Crippen LogP contribution is 2.09. The molecule has 0 saturated heterocycles. The Kier molecular flexibility index (Phi) is 2.34. The Morgan fingerprint density at radius 1 is 1.70 bits per heavy atom. The van der Waals surface area contributed by atoms with Gasteiger partial charge in [0.15, 0.2) is 0 Å². The first-order valence-electron chi connectivity index (χ1n) is 2.95. The van der Waals surface area contributed by atoms with Gasteiger partial charge in [-0.1, -0.05) is 12.2 Å². The highest BCUT2D eigenvalue weighted by atomic mass is 32.1. The molecule has 3 heteroatoms. The van der Waals surface area contributed by atoms with Crippen molar-refractivity contribution in [3.63, 3.8) is 0 Å². The van der Waals surface area contributed by atoms with Crippen molar-refractivity contribution in [3.05, 3.63) is 24.0 Å². The Hall–Kier alpha value is -0.960. The van der Waals surface area contributed by atoms with Crippen LogP contribution in [0.4, 0.5) is 5.69 Å². The van der Waals surface area contributed by atoms with Gasteiger partial charge in [-0.2, -0.15) is 0 Å². The minimum atomic E-state index is 1.02. The average Bonchev–Trinajstić information content (AvgIpc) is 1.94. The second kappa shape index (κ2) is 3.27. The van der Waals surface area contributed by atoms with Crippen LogP contribution < -0.4 is 5.32 Å². The summed E-state index contributed by atoms with van der Waals surface area (Å²) in [7, 11) is 0. The molecule has 2 nitrogen and oxygen atoms in total. The molecule has 0 bridgehead atoms. The monoisotopic (exact) mass is 152 g/mol. The van der Waals surface area contributed by atoms with E-state index in [2.05, 4.69) is 22.5 Å². The van der Waals surface area contributed by atoms with Crippen LogP contribution in [0.15, 0.2) is 18.5 Å². The molecule has 0 aliphatic heterocycles. The summed E-state index contributed by atoms with van der Waals surface area (Å²) < 4.78 is 0. The van der Waals surface area contributed by atoms with Crippen molar-refractivity contribution >= 4 is 23.4 Å². The van der Waals surface area contributed by atoms with E-state index < -0.39 is 0 Å². The summed E-state index contributed by atoms with van der Waals surface area (Å²) in [6.45, 7) is 1.98. The van der Waals surface area contributed by atoms with E-state index in [-0.39, 0.29) is 0 Å². The van der Waals surface area contributed by atoms with E-state index in [1.807, 2.05) is 13.0 Å². The highest BCUT2D eigenvalue weighted by molar-refractivity contribution is 7.79. The number of nitrogens with zero attached hydrogens (tertiary/aromatic N) is 1. The molecular weight excluding hydrogens is 144 g/mol. The molecule has 0 aliphatic rings. The van der Waals surface area contributed by atoms with E-state index in [9.17, 15) is 0 Å². The second-order valence-corrected chi connectivity index (χ2v) is 2.19. The van der Waals surface area contributed by atoms with Gasteiger partial charge in [0.25, 0.3) is 0 Å². The lowest BCUT2D eigenvalue weighted by Gasteiger charge is -2.00. The van der Waals surface area contributed by atoms with Crippen LogP contribution >= 0.6 is 12.2 Å². The first-order valence-corrected chi connectivity index (χ1v) is 3.42. The SMILES string of the molecule is Cc1cnccc1NC=S. The highest BCUT2D eigenvalue weighted by Gasteiger charge is 1.91. The molecule has 1 N–H and O–H groups in total. The molecule has 0 spiro atoms. The van der Waals surface area contributed by atoms with Gasteiger partial charge in [0.1, 0.15) is 0 Å². The van der Waals surface area contributed by atoms with E-state index in [0.717, 1.165) is 11.3 Å². The zero-order chi connectivity index (χ0) is 7.40. The average molecular weight is 152 g/mol. The van der Waals surface area contributed by atoms with Crippen LogP contribution in [0.5, 0.6) is 0 Å². The lowest BCUT2D eigenvalue weighted by molar-refractivity contribution is 1.27. The van der Waals surface area contributed by atoms with Gasteiger partial charge in [-0.25, -0.2) is 0 Å². The minimum absolute atomic E-state index is 1.02. The number of pyridine rings is 1. The predicted octanol–water partition coefficient (Wildman–Crippen LogP) is 1.76. The van der Waals surface area contributed by atoms with Crippen LogP contribution in [0.25, 0.3) is 0 Å². The Balaban J connectivity index is 2.91. The van der Waals surface area contributed by atoms with Crippen molar-refractivity contribution < 1.29 is 0 Å². The number of rotatable bonds is 2. The lowest BCUT2D eigenvalue weighted by Crippen LogP contribution is -1.94. The Bertz CT molecular complexity index is 235. The van der Waals surface area contributed by atoms with Gasteiger partial charge >= 0.3 is 0 Å². The van der Waals surface area contributed by atoms with Crippen LogP contribution in [-0.2, 0) is 0 Å². The maximum absolute atomic E-state index is 4.64. The molecule has 0 aromatic carbocycles. The Morgan fingerprint density at radius 3 is 3.10 bits per heavy atom. The summed E-state index contributed by atoms with van der Waals surface area (Å²) in [5, 5.41) is 2.93. The Morgan fingerprint density at radius 2 is 2.50 bits per heavy atom. The third kappa shape index (κ3) is 1.51. The van der Waals surface area contributed by atoms with Gasteiger partial charge in [-0.15, -0.1) is 0 Å². The van der Waals surface area contributed by atoms with Crippen molar-refractivity contribution in [2.45, 2.75) is 6.92 Å². The summed E-state index contributed by atoms with van der Waals surface area (Å²) in [4.78, 5) is 3.94. The van der Waals surface area contributed by atoms with E-state index in [1.165, 1.54) is 5.49 Å². The lowest BCUT2D eigenvalue weighted by atomic mass is 10.3. The van der Waals surface area contributed by atoms with E-state index >= 15 is 0 Å². The van der Waals surface area contributed by atoms with Gasteiger partial charge < -0.3 is 5.32 Å². The summed E-state index contributed by atoms with van der Waals surface area (Å²) in [5.41, 5.74) is 3.61. The molecule has 10 heavy (non-hydrogen) atoms. The number of thiocarbonyl (C=S) groups is 1. The molecule has 0 unspecified atom stereocenters. The van der Waals surface area contributed by atoms with Crippen molar-refractivity contribution in [2.24, 2.45) is 0 Å². The number of aryl methyl sites for hydroxylation is 1. The third-order valence-electron chi connectivity index (χ3n) is 1.23. The molecule has 0 aliphatic carbocycles. The van der Waals surface area contributed by atoms with Gasteiger partial charge in [-0.3, -0.25) is 4.98 Å². The molecule has 0 fully saturated rings. The molecule has 52 valence electrons. The predicted molar refractivity (Wildman–Crippen MR) is 46.3 cm³/mol. The van der Waals surface area contributed by atoms with Crippen LogP contribution in [-0.4, -0.2) is 10.5 Å². The maximum atomic E-state index is 4.64. The third-order valence-corrected chi connectivity index (χ3v) is 1.35. The molecule has 0 atom stereocenters. The van der Waals surface area contributed by atoms with E-state index in [1.54, 1.807) is 12.4 Å². The number of hydrogen-bond donors (Lipinski definition) is 1. The number of hydrogen-bond acceptors (Lipinski definition) is 2. The van der Waals surface area contributed by atoms with Gasteiger partial charge in [0.05, 0.1) is 5.49 Å². The topological polar surface area (TPSA) is 24.9 Å². The van der Waals surface area contributed by atoms with Gasteiger partial charge in [-0.05, 0) is 18.6 Å². The zero-order valence-corrected chi connectivity index (χ0v) is 6.48.